The van der Waals surface area contributed by atoms with Crippen LogP contribution in [0.5, 0.6) is 0 Å². The van der Waals surface area contributed by atoms with Gasteiger partial charge in [-0.25, -0.2) is 0 Å². The Hall–Kier alpha value is -1.61. The van der Waals surface area contributed by atoms with Crippen LogP contribution in [0.2, 0.25) is 0 Å². The molecule has 0 rings (SSSR count). The van der Waals surface area contributed by atoms with Gasteiger partial charge in [0, 0.05) is 13.0 Å². The van der Waals surface area contributed by atoms with Crippen molar-refractivity contribution >= 4 is 5.91 Å². The number of aliphatic hydroxyl groups is 1. The molecular weight excluding hydrogens is 346 g/mol. The largest absolute Gasteiger partial charge is 0.393 e. The third-order valence-electron chi connectivity index (χ3n) is 4.49. The quantitative estimate of drug-likeness (QED) is 0.210. The maximum atomic E-state index is 11.5. The van der Waals surface area contributed by atoms with E-state index >= 15 is 0 Å². The number of hydrogen-bond acceptors (Lipinski definition) is 2. The fraction of sp³-hybridized carbons (Fsp3) is 0.640. The molecule has 160 valence electrons. The lowest BCUT2D eigenvalue weighted by atomic mass is 10.1. The van der Waals surface area contributed by atoms with Crippen LogP contribution in [-0.2, 0) is 4.79 Å². The van der Waals surface area contributed by atoms with E-state index < -0.39 is 0 Å². The first-order valence-corrected chi connectivity index (χ1v) is 11.2. The van der Waals surface area contributed by atoms with Gasteiger partial charge in [0.25, 0.3) is 0 Å². The van der Waals surface area contributed by atoms with Gasteiger partial charge in [-0.3, -0.25) is 4.79 Å². The molecule has 0 fully saturated rings. The van der Waals surface area contributed by atoms with Crippen molar-refractivity contribution < 1.29 is 9.90 Å². The number of carbonyl (C=O) groups excluding carboxylic acids is 1. The molecule has 0 bridgehead atoms. The van der Waals surface area contributed by atoms with Crippen molar-refractivity contribution in [1.82, 2.24) is 5.32 Å². The van der Waals surface area contributed by atoms with Gasteiger partial charge in [0.05, 0.1) is 6.10 Å². The van der Waals surface area contributed by atoms with Crippen LogP contribution in [0, 0.1) is 0 Å². The van der Waals surface area contributed by atoms with Gasteiger partial charge in [0.2, 0.25) is 5.91 Å². The minimum atomic E-state index is -0.128. The second kappa shape index (κ2) is 21.7. The highest BCUT2D eigenvalue weighted by Crippen LogP contribution is 2.05. The van der Waals surface area contributed by atoms with Crippen LogP contribution in [0.1, 0.15) is 90.9 Å². The van der Waals surface area contributed by atoms with Crippen LogP contribution in [-0.4, -0.2) is 23.7 Å². The van der Waals surface area contributed by atoms with E-state index in [0.717, 1.165) is 77.2 Å². The van der Waals surface area contributed by atoms with E-state index in [9.17, 15) is 9.90 Å². The Bertz CT molecular complexity index is 463. The minimum Gasteiger partial charge on any atom is -0.393 e. The normalized spacial score (nSPS) is 13.4. The third kappa shape index (κ3) is 20.7. The van der Waals surface area contributed by atoms with E-state index in [2.05, 4.69) is 60.8 Å². The zero-order valence-electron chi connectivity index (χ0n) is 18.2. The fourth-order valence-electron chi connectivity index (χ4n) is 2.60. The van der Waals surface area contributed by atoms with E-state index in [1.54, 1.807) is 0 Å². The molecular formula is C25H43NO2. The molecule has 1 amide bonds. The zero-order valence-corrected chi connectivity index (χ0v) is 18.2. The van der Waals surface area contributed by atoms with Gasteiger partial charge < -0.3 is 10.4 Å². The van der Waals surface area contributed by atoms with Crippen LogP contribution in [0.3, 0.4) is 0 Å². The highest BCUT2D eigenvalue weighted by atomic mass is 16.3. The first-order valence-electron chi connectivity index (χ1n) is 11.2. The topological polar surface area (TPSA) is 49.3 Å². The smallest absolute Gasteiger partial charge is 0.220 e. The van der Waals surface area contributed by atoms with Crippen molar-refractivity contribution in [1.29, 1.82) is 0 Å². The second-order valence-corrected chi connectivity index (χ2v) is 7.18. The molecule has 2 N–H and O–H groups in total. The number of rotatable bonds is 18. The van der Waals surface area contributed by atoms with Crippen LogP contribution in [0.25, 0.3) is 0 Å². The summed E-state index contributed by atoms with van der Waals surface area (Å²) >= 11 is 0. The number of allylic oxidation sites excluding steroid dienone is 8. The van der Waals surface area contributed by atoms with E-state index in [-0.39, 0.29) is 12.0 Å². The monoisotopic (exact) mass is 389 g/mol. The fourth-order valence-corrected chi connectivity index (χ4v) is 2.60. The Labute approximate surface area is 173 Å². The molecule has 0 saturated heterocycles. The molecule has 0 aromatic rings. The van der Waals surface area contributed by atoms with Gasteiger partial charge in [0.1, 0.15) is 0 Å². The molecule has 0 saturated carbocycles. The predicted molar refractivity (Wildman–Crippen MR) is 122 cm³/mol. The molecule has 0 aliphatic heterocycles. The molecule has 1 atom stereocenters. The number of nitrogens with one attached hydrogen (secondary N) is 1. The van der Waals surface area contributed by atoms with Gasteiger partial charge in [-0.15, -0.1) is 0 Å². The second-order valence-electron chi connectivity index (χ2n) is 7.18. The number of hydrogen-bond donors (Lipinski definition) is 2. The lowest BCUT2D eigenvalue weighted by molar-refractivity contribution is -0.121. The summed E-state index contributed by atoms with van der Waals surface area (Å²) in [6.45, 7) is 4.96. The van der Waals surface area contributed by atoms with Gasteiger partial charge in [-0.05, 0) is 64.2 Å². The summed E-state index contributed by atoms with van der Waals surface area (Å²) in [6, 6.07) is 0. The highest BCUT2D eigenvalue weighted by molar-refractivity contribution is 5.75. The predicted octanol–water partition coefficient (Wildman–Crippen LogP) is 6.41. The molecule has 0 heterocycles. The summed E-state index contributed by atoms with van der Waals surface area (Å²) in [7, 11) is 0. The van der Waals surface area contributed by atoms with E-state index in [1.165, 1.54) is 0 Å². The Balaban J connectivity index is 3.48. The Morgan fingerprint density at radius 2 is 1.36 bits per heavy atom. The minimum absolute atomic E-state index is 0.128. The molecule has 0 aromatic heterocycles. The maximum absolute atomic E-state index is 11.5. The van der Waals surface area contributed by atoms with Gasteiger partial charge in [-0.1, -0.05) is 68.9 Å². The van der Waals surface area contributed by atoms with Crippen molar-refractivity contribution in [2.24, 2.45) is 0 Å². The number of aliphatic hydroxyl groups excluding tert-OH is 1. The summed E-state index contributed by atoms with van der Waals surface area (Å²) in [4.78, 5) is 11.5. The van der Waals surface area contributed by atoms with E-state index in [0.29, 0.717) is 6.42 Å². The molecule has 0 spiro atoms. The summed E-state index contributed by atoms with van der Waals surface area (Å²) < 4.78 is 0. The van der Waals surface area contributed by atoms with Crippen LogP contribution in [0.4, 0.5) is 0 Å². The van der Waals surface area contributed by atoms with Gasteiger partial charge in [-0.2, -0.15) is 0 Å². The van der Waals surface area contributed by atoms with Crippen molar-refractivity contribution in [3.05, 3.63) is 48.6 Å². The van der Waals surface area contributed by atoms with E-state index in [4.69, 9.17) is 0 Å². The lowest BCUT2D eigenvalue weighted by Crippen LogP contribution is -2.23. The average molecular weight is 390 g/mol. The SMILES string of the molecule is CCCCNC(=O)CCC/C=C\C/C=C\C/C=C\C/C=C\CCCC(O)CC. The molecule has 28 heavy (non-hydrogen) atoms. The van der Waals surface area contributed by atoms with Crippen molar-refractivity contribution in [3.63, 3.8) is 0 Å². The first-order chi connectivity index (χ1) is 13.7. The van der Waals surface area contributed by atoms with Crippen LogP contribution in [0.15, 0.2) is 48.6 Å². The van der Waals surface area contributed by atoms with Crippen LogP contribution >= 0.6 is 0 Å². The number of amides is 1. The number of unbranched alkanes of at least 4 members (excludes halogenated alkanes) is 3. The molecule has 1 unspecified atom stereocenters. The lowest BCUT2D eigenvalue weighted by Gasteiger charge is -2.04. The molecule has 3 nitrogen and oxygen atoms in total. The molecule has 0 aliphatic carbocycles. The first kappa shape index (κ1) is 26.4. The molecule has 0 aromatic carbocycles. The molecule has 0 aliphatic rings. The molecule has 3 heteroatoms. The number of carbonyl (C=O) groups is 1. The molecule has 0 radical (unpaired) electrons. The summed E-state index contributed by atoms with van der Waals surface area (Å²) in [5, 5.41) is 12.4. The third-order valence-corrected chi connectivity index (χ3v) is 4.49. The Kier molecular flexibility index (Phi) is 20.4. The Morgan fingerprint density at radius 1 is 0.821 bits per heavy atom. The van der Waals surface area contributed by atoms with Crippen molar-refractivity contribution in [2.75, 3.05) is 6.54 Å². The van der Waals surface area contributed by atoms with Gasteiger partial charge >= 0.3 is 0 Å². The van der Waals surface area contributed by atoms with Crippen LogP contribution < -0.4 is 5.32 Å². The zero-order chi connectivity index (χ0) is 20.7. The van der Waals surface area contributed by atoms with E-state index in [1.807, 2.05) is 6.92 Å². The maximum Gasteiger partial charge on any atom is 0.220 e. The van der Waals surface area contributed by atoms with Crippen molar-refractivity contribution in [3.8, 4) is 0 Å². The van der Waals surface area contributed by atoms with Crippen molar-refractivity contribution in [2.45, 2.75) is 97.0 Å². The Morgan fingerprint density at radius 3 is 1.89 bits per heavy atom. The standard InChI is InChI=1S/C25H43NO2/c1-3-5-23-26-25(28)22-20-18-16-14-12-10-8-6-7-9-11-13-15-17-19-21-24(27)4-2/h7-10,13-16,24,27H,3-6,11-12,17-23H2,1-2H3,(H,26,28)/b9-7-,10-8-,15-13-,16-14-. The summed E-state index contributed by atoms with van der Waals surface area (Å²) in [5.74, 6) is 0.179. The van der Waals surface area contributed by atoms with Gasteiger partial charge in [0.15, 0.2) is 0 Å². The highest BCUT2D eigenvalue weighted by Gasteiger charge is 1.98. The average Bonchev–Trinajstić information content (AvgIpc) is 2.70. The summed E-state index contributed by atoms with van der Waals surface area (Å²) in [6.07, 6.45) is 28.9. The summed E-state index contributed by atoms with van der Waals surface area (Å²) in [5.41, 5.74) is 0.